The van der Waals surface area contributed by atoms with Gasteiger partial charge in [-0.15, -0.1) is 0 Å². The molecule has 0 unspecified atom stereocenters. The van der Waals surface area contributed by atoms with E-state index >= 15 is 0 Å². The first kappa shape index (κ1) is 14.0. The van der Waals surface area contributed by atoms with E-state index in [-0.39, 0.29) is 11.9 Å². The summed E-state index contributed by atoms with van der Waals surface area (Å²) in [6, 6.07) is 12.2. The molecule has 0 heterocycles. The van der Waals surface area contributed by atoms with Crippen molar-refractivity contribution in [3.63, 3.8) is 0 Å². The van der Waals surface area contributed by atoms with Crippen LogP contribution in [0.5, 0.6) is 5.75 Å². The molecule has 0 amide bonds. The van der Waals surface area contributed by atoms with Crippen LogP contribution in [-0.4, -0.2) is 0 Å². The lowest BCUT2D eigenvalue weighted by Crippen LogP contribution is -2.07. The van der Waals surface area contributed by atoms with Crippen molar-refractivity contribution in [1.29, 1.82) is 0 Å². The molecule has 100 valence electrons. The van der Waals surface area contributed by atoms with Gasteiger partial charge < -0.3 is 10.5 Å². The summed E-state index contributed by atoms with van der Waals surface area (Å²) in [7, 11) is 0. The predicted molar refractivity (Wildman–Crippen MR) is 77.5 cm³/mol. The third-order valence-corrected chi connectivity index (χ3v) is 3.25. The molecule has 19 heavy (non-hydrogen) atoms. The number of hydrogen-bond donors (Lipinski definition) is 1. The molecule has 2 nitrogen and oxygen atoms in total. The molecule has 0 bridgehead atoms. The van der Waals surface area contributed by atoms with E-state index in [1.54, 1.807) is 19.1 Å². The SMILES string of the molecule is C[C@H](N)c1ccc(OCc2cccc(Br)c2)cc1F. The molecule has 0 saturated heterocycles. The lowest BCUT2D eigenvalue weighted by atomic mass is 10.1. The predicted octanol–water partition coefficient (Wildman–Crippen LogP) is 4.19. The summed E-state index contributed by atoms with van der Waals surface area (Å²) in [5, 5.41) is 0. The summed E-state index contributed by atoms with van der Waals surface area (Å²) in [5.41, 5.74) is 7.17. The highest BCUT2D eigenvalue weighted by molar-refractivity contribution is 9.10. The molecule has 0 radical (unpaired) electrons. The van der Waals surface area contributed by atoms with Gasteiger partial charge >= 0.3 is 0 Å². The molecule has 1 atom stereocenters. The van der Waals surface area contributed by atoms with Crippen LogP contribution >= 0.6 is 15.9 Å². The van der Waals surface area contributed by atoms with Crippen LogP contribution in [0.25, 0.3) is 0 Å². The van der Waals surface area contributed by atoms with Crippen molar-refractivity contribution < 1.29 is 9.13 Å². The van der Waals surface area contributed by atoms with Crippen LogP contribution in [-0.2, 0) is 6.61 Å². The van der Waals surface area contributed by atoms with E-state index in [1.807, 2.05) is 24.3 Å². The monoisotopic (exact) mass is 323 g/mol. The van der Waals surface area contributed by atoms with Crippen molar-refractivity contribution in [3.05, 3.63) is 63.9 Å². The summed E-state index contributed by atoms with van der Waals surface area (Å²) in [4.78, 5) is 0. The molecule has 0 fully saturated rings. The summed E-state index contributed by atoms with van der Waals surface area (Å²) in [6.45, 7) is 2.15. The van der Waals surface area contributed by atoms with Gasteiger partial charge in [-0.1, -0.05) is 34.1 Å². The van der Waals surface area contributed by atoms with E-state index in [0.717, 1.165) is 10.0 Å². The molecule has 0 aromatic heterocycles. The van der Waals surface area contributed by atoms with Gasteiger partial charge in [0.15, 0.2) is 0 Å². The number of halogens is 2. The third-order valence-electron chi connectivity index (χ3n) is 2.76. The minimum Gasteiger partial charge on any atom is -0.489 e. The number of hydrogen-bond acceptors (Lipinski definition) is 2. The molecule has 0 aliphatic carbocycles. The lowest BCUT2D eigenvalue weighted by molar-refractivity contribution is 0.304. The van der Waals surface area contributed by atoms with Crippen LogP contribution in [0, 0.1) is 5.82 Å². The van der Waals surface area contributed by atoms with E-state index in [4.69, 9.17) is 10.5 Å². The van der Waals surface area contributed by atoms with Crippen LogP contribution < -0.4 is 10.5 Å². The fraction of sp³-hybridized carbons (Fsp3) is 0.200. The van der Waals surface area contributed by atoms with Crippen molar-refractivity contribution in [3.8, 4) is 5.75 Å². The Hall–Kier alpha value is -1.39. The van der Waals surface area contributed by atoms with Gasteiger partial charge in [0.1, 0.15) is 18.2 Å². The third kappa shape index (κ3) is 3.78. The maximum Gasteiger partial charge on any atom is 0.131 e. The lowest BCUT2D eigenvalue weighted by Gasteiger charge is -2.10. The number of ether oxygens (including phenoxy) is 1. The van der Waals surface area contributed by atoms with Gasteiger partial charge in [0.05, 0.1) is 0 Å². The fourth-order valence-corrected chi connectivity index (χ4v) is 2.21. The van der Waals surface area contributed by atoms with Crippen molar-refractivity contribution in [2.24, 2.45) is 5.73 Å². The average molecular weight is 324 g/mol. The van der Waals surface area contributed by atoms with Gasteiger partial charge in [0.2, 0.25) is 0 Å². The van der Waals surface area contributed by atoms with Gasteiger partial charge in [-0.05, 0) is 30.7 Å². The van der Waals surface area contributed by atoms with E-state index in [0.29, 0.717) is 17.9 Å². The van der Waals surface area contributed by atoms with E-state index < -0.39 is 0 Å². The first-order valence-corrected chi connectivity index (χ1v) is 6.78. The summed E-state index contributed by atoms with van der Waals surface area (Å²) >= 11 is 3.40. The minimum absolute atomic E-state index is 0.320. The Morgan fingerprint density at radius 2 is 2.05 bits per heavy atom. The van der Waals surface area contributed by atoms with Gasteiger partial charge in [-0.3, -0.25) is 0 Å². The maximum absolute atomic E-state index is 13.7. The molecular formula is C15H15BrFNO. The second-order valence-electron chi connectivity index (χ2n) is 4.39. The van der Waals surface area contributed by atoms with Crippen molar-refractivity contribution >= 4 is 15.9 Å². The first-order chi connectivity index (χ1) is 9.06. The van der Waals surface area contributed by atoms with Gasteiger partial charge in [0, 0.05) is 22.1 Å². The number of nitrogens with two attached hydrogens (primary N) is 1. The Balaban J connectivity index is 2.06. The largest absolute Gasteiger partial charge is 0.489 e. The van der Waals surface area contributed by atoms with Crippen molar-refractivity contribution in [2.75, 3.05) is 0 Å². The topological polar surface area (TPSA) is 35.2 Å². The summed E-state index contributed by atoms with van der Waals surface area (Å²) in [6.07, 6.45) is 0. The van der Waals surface area contributed by atoms with E-state index in [9.17, 15) is 4.39 Å². The molecule has 2 aromatic rings. The molecule has 2 aromatic carbocycles. The maximum atomic E-state index is 13.7. The molecule has 0 aliphatic rings. The van der Waals surface area contributed by atoms with Crippen LogP contribution in [0.3, 0.4) is 0 Å². The van der Waals surface area contributed by atoms with Crippen LogP contribution in [0.4, 0.5) is 4.39 Å². The molecule has 4 heteroatoms. The van der Waals surface area contributed by atoms with Crippen LogP contribution in [0.2, 0.25) is 0 Å². The highest BCUT2D eigenvalue weighted by Gasteiger charge is 2.08. The number of rotatable bonds is 4. The zero-order chi connectivity index (χ0) is 13.8. The van der Waals surface area contributed by atoms with Crippen molar-refractivity contribution in [1.82, 2.24) is 0 Å². The minimum atomic E-state index is -0.332. The quantitative estimate of drug-likeness (QED) is 0.915. The fourth-order valence-electron chi connectivity index (χ4n) is 1.76. The molecule has 0 saturated carbocycles. The zero-order valence-corrected chi connectivity index (χ0v) is 12.2. The summed E-state index contributed by atoms with van der Waals surface area (Å²) < 4.78 is 20.3. The smallest absolute Gasteiger partial charge is 0.131 e. The highest BCUT2D eigenvalue weighted by atomic mass is 79.9. The van der Waals surface area contributed by atoms with Gasteiger partial charge in [0.25, 0.3) is 0 Å². The Morgan fingerprint density at radius 1 is 1.26 bits per heavy atom. The zero-order valence-electron chi connectivity index (χ0n) is 10.6. The Bertz CT molecular complexity index is 572. The molecule has 2 N–H and O–H groups in total. The Labute approximate surface area is 120 Å². The average Bonchev–Trinajstić information content (AvgIpc) is 2.36. The van der Waals surface area contributed by atoms with Crippen LogP contribution in [0.15, 0.2) is 46.9 Å². The second-order valence-corrected chi connectivity index (χ2v) is 5.31. The van der Waals surface area contributed by atoms with E-state index in [1.165, 1.54) is 6.07 Å². The van der Waals surface area contributed by atoms with E-state index in [2.05, 4.69) is 15.9 Å². The molecule has 0 spiro atoms. The Kier molecular flexibility index (Phi) is 4.56. The molecule has 0 aliphatic heterocycles. The first-order valence-electron chi connectivity index (χ1n) is 5.98. The highest BCUT2D eigenvalue weighted by Crippen LogP contribution is 2.21. The normalized spacial score (nSPS) is 12.2. The molecule has 2 rings (SSSR count). The van der Waals surface area contributed by atoms with Gasteiger partial charge in [-0.2, -0.15) is 0 Å². The summed E-state index contributed by atoms with van der Waals surface area (Å²) in [5.74, 6) is 0.170. The van der Waals surface area contributed by atoms with Crippen molar-refractivity contribution in [2.45, 2.75) is 19.6 Å². The standard InChI is InChI=1S/C15H15BrFNO/c1-10(18)14-6-5-13(8-15(14)17)19-9-11-3-2-4-12(16)7-11/h2-8,10H,9,18H2,1H3/t10-/m0/s1. The van der Waals surface area contributed by atoms with Gasteiger partial charge in [-0.25, -0.2) is 4.39 Å². The molecular weight excluding hydrogens is 309 g/mol. The van der Waals surface area contributed by atoms with Crippen LogP contribution in [0.1, 0.15) is 24.1 Å². The second kappa shape index (κ2) is 6.17. The Morgan fingerprint density at radius 3 is 2.68 bits per heavy atom. The number of benzene rings is 2.